The molecule has 3 aromatic rings. The Balaban J connectivity index is 2.26. The number of fused-ring (bicyclic) bond motifs is 1. The minimum Gasteiger partial charge on any atom is -0.217 e. The fraction of sp³-hybridized carbons (Fsp3) is 0.0769. The Morgan fingerprint density at radius 1 is 1.11 bits per heavy atom. The highest BCUT2D eigenvalue weighted by molar-refractivity contribution is 6.33. The molecule has 0 saturated carbocycles. The van der Waals surface area contributed by atoms with Crippen molar-refractivity contribution < 1.29 is 0 Å². The Kier molecular flexibility index (Phi) is 2.73. The predicted molar refractivity (Wildman–Crippen MR) is 73.2 cm³/mol. The van der Waals surface area contributed by atoms with Crippen molar-refractivity contribution in [3.05, 3.63) is 52.3 Å². The van der Waals surface area contributed by atoms with Crippen LogP contribution < -0.4 is 0 Å². The van der Waals surface area contributed by atoms with Gasteiger partial charge < -0.3 is 0 Å². The van der Waals surface area contributed by atoms with Crippen LogP contribution in [0.2, 0.25) is 10.3 Å². The van der Waals surface area contributed by atoms with Crippen molar-refractivity contribution in [3.8, 4) is 11.3 Å². The normalized spacial score (nSPS) is 11.1. The molecular weight excluding hydrogens is 269 g/mol. The Labute approximate surface area is 114 Å². The van der Waals surface area contributed by atoms with Crippen LogP contribution in [0.15, 0.2) is 36.4 Å². The third-order valence-corrected chi connectivity index (χ3v) is 3.24. The van der Waals surface area contributed by atoms with Gasteiger partial charge in [-0.2, -0.15) is 5.10 Å². The van der Waals surface area contributed by atoms with E-state index in [1.54, 1.807) is 10.6 Å². The maximum atomic E-state index is 6.08. The maximum Gasteiger partial charge on any atom is 0.159 e. The Hall–Kier alpha value is -1.58. The summed E-state index contributed by atoms with van der Waals surface area (Å²) < 4.78 is 1.58. The molecule has 0 radical (unpaired) electrons. The molecule has 0 fully saturated rings. The molecule has 0 saturated heterocycles. The molecular formula is C13H9Cl2N3. The first kappa shape index (κ1) is 11.5. The lowest BCUT2D eigenvalue weighted by molar-refractivity contribution is 0.943. The number of hydrogen-bond acceptors (Lipinski definition) is 2. The van der Waals surface area contributed by atoms with Crippen LogP contribution in [0.4, 0.5) is 0 Å². The Morgan fingerprint density at radius 3 is 2.67 bits per heavy atom. The van der Waals surface area contributed by atoms with Crippen LogP contribution in [0.1, 0.15) is 5.56 Å². The minimum atomic E-state index is 0.365. The van der Waals surface area contributed by atoms with Crippen LogP contribution in [-0.2, 0) is 0 Å². The van der Waals surface area contributed by atoms with Crippen LogP contribution in [0, 0.1) is 6.92 Å². The van der Waals surface area contributed by atoms with Gasteiger partial charge in [-0.1, -0.05) is 47.5 Å². The summed E-state index contributed by atoms with van der Waals surface area (Å²) in [5.74, 6) is 0. The molecule has 0 N–H and O–H groups in total. The van der Waals surface area contributed by atoms with Gasteiger partial charge in [-0.3, -0.25) is 0 Å². The van der Waals surface area contributed by atoms with Gasteiger partial charge in [0.1, 0.15) is 10.3 Å². The van der Waals surface area contributed by atoms with Gasteiger partial charge in [-0.05, 0) is 12.5 Å². The summed E-state index contributed by atoms with van der Waals surface area (Å²) in [4.78, 5) is 4.19. The molecule has 3 rings (SSSR count). The van der Waals surface area contributed by atoms with E-state index in [0.29, 0.717) is 16.0 Å². The molecule has 90 valence electrons. The standard InChI is InChI=1S/C13H9Cl2N3/c1-8-4-2-3-5-9(8)10-6-13-16-11(14)7-12(15)18(13)17-10/h2-7H,1H3. The zero-order valence-electron chi connectivity index (χ0n) is 9.56. The average molecular weight is 278 g/mol. The van der Waals surface area contributed by atoms with Gasteiger partial charge in [0, 0.05) is 17.7 Å². The molecule has 0 bridgehead atoms. The molecule has 0 atom stereocenters. The van der Waals surface area contributed by atoms with Crippen LogP contribution in [0.3, 0.4) is 0 Å². The number of nitrogens with zero attached hydrogens (tertiary/aromatic N) is 3. The lowest BCUT2D eigenvalue weighted by Crippen LogP contribution is -1.92. The molecule has 3 nitrogen and oxygen atoms in total. The highest BCUT2D eigenvalue weighted by Crippen LogP contribution is 2.25. The largest absolute Gasteiger partial charge is 0.217 e. The monoisotopic (exact) mass is 277 g/mol. The van der Waals surface area contributed by atoms with Crippen molar-refractivity contribution in [1.29, 1.82) is 0 Å². The van der Waals surface area contributed by atoms with Crippen molar-refractivity contribution in [1.82, 2.24) is 14.6 Å². The Morgan fingerprint density at radius 2 is 1.89 bits per heavy atom. The lowest BCUT2D eigenvalue weighted by Gasteiger charge is -2.00. The van der Waals surface area contributed by atoms with Crippen molar-refractivity contribution >= 4 is 28.8 Å². The summed E-state index contributed by atoms with van der Waals surface area (Å²) in [5.41, 5.74) is 3.70. The summed E-state index contributed by atoms with van der Waals surface area (Å²) >= 11 is 12.0. The summed E-state index contributed by atoms with van der Waals surface area (Å²) in [6, 6.07) is 11.5. The van der Waals surface area contributed by atoms with Gasteiger partial charge in [-0.25, -0.2) is 9.50 Å². The average Bonchev–Trinajstić information content (AvgIpc) is 2.73. The lowest BCUT2D eigenvalue weighted by atomic mass is 10.1. The van der Waals surface area contributed by atoms with E-state index >= 15 is 0 Å². The predicted octanol–water partition coefficient (Wildman–Crippen LogP) is 4.01. The second-order valence-electron chi connectivity index (χ2n) is 4.02. The van der Waals surface area contributed by atoms with Crippen LogP contribution >= 0.6 is 23.2 Å². The van der Waals surface area contributed by atoms with Crippen molar-refractivity contribution in [2.75, 3.05) is 0 Å². The summed E-state index contributed by atoms with van der Waals surface area (Å²) in [5, 5.41) is 5.26. The van der Waals surface area contributed by atoms with Crippen molar-refractivity contribution in [2.45, 2.75) is 6.92 Å². The number of aryl methyl sites for hydroxylation is 1. The van der Waals surface area contributed by atoms with Crippen molar-refractivity contribution in [2.24, 2.45) is 0 Å². The van der Waals surface area contributed by atoms with E-state index in [1.165, 1.54) is 0 Å². The van der Waals surface area contributed by atoms with Crippen LogP contribution in [0.5, 0.6) is 0 Å². The molecule has 0 spiro atoms. The molecule has 0 aliphatic rings. The quantitative estimate of drug-likeness (QED) is 0.629. The summed E-state index contributed by atoms with van der Waals surface area (Å²) in [6.07, 6.45) is 0. The van der Waals surface area contributed by atoms with Gasteiger partial charge >= 0.3 is 0 Å². The van der Waals surface area contributed by atoms with E-state index in [1.807, 2.05) is 37.3 Å². The zero-order valence-corrected chi connectivity index (χ0v) is 11.1. The van der Waals surface area contributed by atoms with E-state index in [0.717, 1.165) is 16.8 Å². The fourth-order valence-electron chi connectivity index (χ4n) is 1.90. The number of benzene rings is 1. The molecule has 18 heavy (non-hydrogen) atoms. The van der Waals surface area contributed by atoms with E-state index in [4.69, 9.17) is 23.2 Å². The molecule has 5 heteroatoms. The topological polar surface area (TPSA) is 30.2 Å². The highest BCUT2D eigenvalue weighted by atomic mass is 35.5. The van der Waals surface area contributed by atoms with E-state index in [9.17, 15) is 0 Å². The van der Waals surface area contributed by atoms with Gasteiger partial charge in [0.25, 0.3) is 0 Å². The second-order valence-corrected chi connectivity index (χ2v) is 4.79. The minimum absolute atomic E-state index is 0.365. The van der Waals surface area contributed by atoms with Gasteiger partial charge in [0.2, 0.25) is 0 Å². The smallest absolute Gasteiger partial charge is 0.159 e. The number of hydrogen-bond donors (Lipinski definition) is 0. The third-order valence-electron chi connectivity index (χ3n) is 2.77. The first-order chi connectivity index (χ1) is 8.65. The highest BCUT2D eigenvalue weighted by Gasteiger charge is 2.10. The first-order valence-electron chi connectivity index (χ1n) is 5.43. The van der Waals surface area contributed by atoms with E-state index < -0.39 is 0 Å². The first-order valence-corrected chi connectivity index (χ1v) is 6.18. The Bertz CT molecular complexity index is 734. The number of halogens is 2. The van der Waals surface area contributed by atoms with Crippen molar-refractivity contribution in [3.63, 3.8) is 0 Å². The van der Waals surface area contributed by atoms with Crippen LogP contribution in [-0.4, -0.2) is 14.6 Å². The summed E-state index contributed by atoms with van der Waals surface area (Å²) in [7, 11) is 0. The third kappa shape index (κ3) is 1.85. The molecule has 2 heterocycles. The maximum absolute atomic E-state index is 6.08. The van der Waals surface area contributed by atoms with E-state index in [2.05, 4.69) is 10.1 Å². The molecule has 1 aromatic carbocycles. The van der Waals surface area contributed by atoms with Gasteiger partial charge in [0.15, 0.2) is 5.65 Å². The zero-order chi connectivity index (χ0) is 12.7. The molecule has 0 unspecified atom stereocenters. The molecule has 0 amide bonds. The number of aromatic nitrogens is 3. The van der Waals surface area contributed by atoms with Gasteiger partial charge in [0.05, 0.1) is 5.69 Å². The van der Waals surface area contributed by atoms with Crippen LogP contribution in [0.25, 0.3) is 16.9 Å². The fourth-order valence-corrected chi connectivity index (χ4v) is 2.37. The van der Waals surface area contributed by atoms with Gasteiger partial charge in [-0.15, -0.1) is 0 Å². The summed E-state index contributed by atoms with van der Waals surface area (Å²) in [6.45, 7) is 2.04. The SMILES string of the molecule is Cc1ccccc1-c1cc2nc(Cl)cc(Cl)n2n1. The molecule has 2 aromatic heterocycles. The molecule has 0 aliphatic carbocycles. The number of rotatable bonds is 1. The van der Waals surface area contributed by atoms with E-state index in [-0.39, 0.29) is 0 Å². The molecule has 0 aliphatic heterocycles. The second kappa shape index (κ2) is 4.26.